The molecule has 0 amide bonds. The first kappa shape index (κ1) is 14.1. The second-order valence-electron chi connectivity index (χ2n) is 5.18. The van der Waals surface area contributed by atoms with Crippen molar-refractivity contribution in [1.82, 2.24) is 19.4 Å². The molecule has 118 valence electrons. The van der Waals surface area contributed by atoms with Gasteiger partial charge in [0.2, 0.25) is 0 Å². The Kier molecular flexibility index (Phi) is 3.51. The fourth-order valence-corrected chi connectivity index (χ4v) is 2.39. The molecule has 0 aliphatic rings. The minimum atomic E-state index is -0.276. The molecule has 0 fully saturated rings. The number of furan rings is 1. The molecule has 7 nitrogen and oxygen atoms in total. The van der Waals surface area contributed by atoms with E-state index in [1.807, 2.05) is 30.3 Å². The van der Waals surface area contributed by atoms with Gasteiger partial charge in [-0.15, -0.1) is 0 Å². The minimum Gasteiger partial charge on any atom is -0.463 e. The Bertz CT molecular complexity index is 1050. The largest absolute Gasteiger partial charge is 0.463 e. The molecule has 0 radical (unpaired) electrons. The van der Waals surface area contributed by atoms with Crippen molar-refractivity contribution in [2.75, 3.05) is 0 Å². The third-order valence-electron chi connectivity index (χ3n) is 3.57. The van der Waals surface area contributed by atoms with Crippen LogP contribution < -0.4 is 5.56 Å². The van der Waals surface area contributed by atoms with Gasteiger partial charge < -0.3 is 4.42 Å². The van der Waals surface area contributed by atoms with Gasteiger partial charge in [-0.1, -0.05) is 30.3 Å². The number of rotatable bonds is 4. The van der Waals surface area contributed by atoms with Gasteiger partial charge in [0, 0.05) is 0 Å². The van der Waals surface area contributed by atoms with Crippen LogP contribution in [0.15, 0.2) is 75.6 Å². The molecule has 1 aromatic carbocycles. The monoisotopic (exact) mass is 319 g/mol. The first-order valence-corrected chi connectivity index (χ1v) is 7.36. The molecule has 3 heterocycles. The van der Waals surface area contributed by atoms with Crippen molar-refractivity contribution in [2.24, 2.45) is 5.10 Å². The van der Waals surface area contributed by atoms with Crippen LogP contribution in [0.1, 0.15) is 11.3 Å². The van der Waals surface area contributed by atoms with Gasteiger partial charge in [-0.25, -0.2) is 9.67 Å². The molecule has 0 saturated carbocycles. The number of benzene rings is 1. The van der Waals surface area contributed by atoms with Crippen LogP contribution in [0.2, 0.25) is 0 Å². The van der Waals surface area contributed by atoms with Gasteiger partial charge >= 0.3 is 0 Å². The summed E-state index contributed by atoms with van der Waals surface area (Å²) >= 11 is 0. The van der Waals surface area contributed by atoms with E-state index in [0.29, 0.717) is 23.3 Å². The Morgan fingerprint density at radius 3 is 2.83 bits per heavy atom. The molecule has 0 saturated heterocycles. The number of hydrogen-bond donors (Lipinski definition) is 0. The molecule has 0 aliphatic heterocycles. The van der Waals surface area contributed by atoms with Crippen LogP contribution in [0.4, 0.5) is 0 Å². The second kappa shape index (κ2) is 5.96. The van der Waals surface area contributed by atoms with Gasteiger partial charge in [0.15, 0.2) is 5.65 Å². The van der Waals surface area contributed by atoms with Gasteiger partial charge in [0.1, 0.15) is 17.5 Å². The predicted octanol–water partition coefficient (Wildman–Crippen LogP) is 2.12. The summed E-state index contributed by atoms with van der Waals surface area (Å²) in [5.41, 5.74) is 1.35. The van der Waals surface area contributed by atoms with Crippen LogP contribution in [0.25, 0.3) is 11.0 Å². The van der Waals surface area contributed by atoms with Crippen LogP contribution in [-0.2, 0) is 6.54 Å². The van der Waals surface area contributed by atoms with E-state index in [1.54, 1.807) is 23.1 Å². The molecule has 4 rings (SSSR count). The maximum absolute atomic E-state index is 12.5. The lowest BCUT2D eigenvalue weighted by Gasteiger charge is -2.03. The maximum atomic E-state index is 12.5. The van der Waals surface area contributed by atoms with Crippen molar-refractivity contribution >= 4 is 17.2 Å². The highest BCUT2D eigenvalue weighted by Crippen LogP contribution is 2.09. The number of fused-ring (bicyclic) bond motifs is 1. The summed E-state index contributed by atoms with van der Waals surface area (Å²) in [5.74, 6) is 0.557. The van der Waals surface area contributed by atoms with E-state index in [2.05, 4.69) is 15.2 Å². The Labute approximate surface area is 136 Å². The molecule has 7 heteroatoms. The predicted molar refractivity (Wildman–Crippen MR) is 89.0 cm³/mol. The lowest BCUT2D eigenvalue weighted by molar-refractivity contribution is 0.559. The van der Waals surface area contributed by atoms with E-state index >= 15 is 0 Å². The summed E-state index contributed by atoms with van der Waals surface area (Å²) in [5, 5.41) is 8.77. The van der Waals surface area contributed by atoms with E-state index in [0.717, 1.165) is 5.56 Å². The number of aromatic nitrogens is 4. The maximum Gasteiger partial charge on any atom is 0.285 e. The van der Waals surface area contributed by atoms with Crippen LogP contribution in [-0.4, -0.2) is 25.7 Å². The molecular formula is C17H13N5O2. The quantitative estimate of drug-likeness (QED) is 0.540. The summed E-state index contributed by atoms with van der Waals surface area (Å²) in [7, 11) is 0. The van der Waals surface area contributed by atoms with Gasteiger partial charge in [0.25, 0.3) is 5.56 Å². The average molecular weight is 319 g/mol. The second-order valence-corrected chi connectivity index (χ2v) is 5.18. The van der Waals surface area contributed by atoms with Gasteiger partial charge in [-0.3, -0.25) is 4.79 Å². The van der Waals surface area contributed by atoms with Crippen molar-refractivity contribution in [3.05, 3.63) is 82.9 Å². The average Bonchev–Trinajstić information content (AvgIpc) is 3.26. The molecule has 24 heavy (non-hydrogen) atoms. The highest BCUT2D eigenvalue weighted by atomic mass is 16.3. The zero-order valence-corrected chi connectivity index (χ0v) is 12.6. The standard InChI is InChI=1S/C17H13N5O2/c23-17-15-10-20-21(11-13-5-2-1-3-6-13)16(15)18-12-22(17)19-9-14-7-4-8-24-14/h1-10,12H,11H2/b19-9+. The Balaban J connectivity index is 1.69. The van der Waals surface area contributed by atoms with Crippen LogP contribution in [0, 0.1) is 0 Å². The Morgan fingerprint density at radius 2 is 2.04 bits per heavy atom. The number of nitrogens with zero attached hydrogens (tertiary/aromatic N) is 5. The smallest absolute Gasteiger partial charge is 0.285 e. The van der Waals surface area contributed by atoms with E-state index in [1.165, 1.54) is 23.4 Å². The summed E-state index contributed by atoms with van der Waals surface area (Å²) in [6.07, 6.45) is 5.91. The lowest BCUT2D eigenvalue weighted by Crippen LogP contribution is -2.17. The van der Waals surface area contributed by atoms with Crippen LogP contribution in [0.3, 0.4) is 0 Å². The van der Waals surface area contributed by atoms with Crippen molar-refractivity contribution in [3.8, 4) is 0 Å². The van der Waals surface area contributed by atoms with Gasteiger partial charge in [0.05, 0.1) is 25.2 Å². The fourth-order valence-electron chi connectivity index (χ4n) is 2.39. The molecule has 0 spiro atoms. The molecule has 3 aromatic heterocycles. The van der Waals surface area contributed by atoms with Gasteiger partial charge in [-0.2, -0.15) is 14.9 Å². The Hall–Kier alpha value is -3.48. The summed E-state index contributed by atoms with van der Waals surface area (Å²) in [6, 6.07) is 13.4. The third kappa shape index (κ3) is 2.63. The summed E-state index contributed by atoms with van der Waals surface area (Å²) in [4.78, 5) is 16.8. The highest BCUT2D eigenvalue weighted by molar-refractivity contribution is 5.76. The molecule has 4 aromatic rings. The summed E-state index contributed by atoms with van der Waals surface area (Å²) in [6.45, 7) is 0.552. The molecule has 0 atom stereocenters. The highest BCUT2D eigenvalue weighted by Gasteiger charge is 2.10. The summed E-state index contributed by atoms with van der Waals surface area (Å²) < 4.78 is 8.02. The van der Waals surface area contributed by atoms with E-state index in [9.17, 15) is 4.79 Å². The third-order valence-corrected chi connectivity index (χ3v) is 3.57. The van der Waals surface area contributed by atoms with Crippen LogP contribution >= 0.6 is 0 Å². The SMILES string of the molecule is O=c1c2cnn(Cc3ccccc3)c2ncn1/N=C/c1ccco1. The Morgan fingerprint density at radius 1 is 1.17 bits per heavy atom. The first-order chi connectivity index (χ1) is 11.8. The first-order valence-electron chi connectivity index (χ1n) is 7.36. The number of hydrogen-bond acceptors (Lipinski definition) is 5. The zero-order chi connectivity index (χ0) is 16.4. The molecular weight excluding hydrogens is 306 g/mol. The van der Waals surface area contributed by atoms with Crippen molar-refractivity contribution in [2.45, 2.75) is 6.54 Å². The zero-order valence-electron chi connectivity index (χ0n) is 12.6. The van der Waals surface area contributed by atoms with Crippen molar-refractivity contribution in [1.29, 1.82) is 0 Å². The van der Waals surface area contributed by atoms with Gasteiger partial charge in [-0.05, 0) is 17.7 Å². The minimum absolute atomic E-state index is 0.276. The normalized spacial score (nSPS) is 11.5. The van der Waals surface area contributed by atoms with Crippen molar-refractivity contribution < 1.29 is 4.42 Å². The lowest BCUT2D eigenvalue weighted by atomic mass is 10.2. The van der Waals surface area contributed by atoms with E-state index in [-0.39, 0.29) is 5.56 Å². The molecule has 0 bridgehead atoms. The van der Waals surface area contributed by atoms with Crippen molar-refractivity contribution in [3.63, 3.8) is 0 Å². The van der Waals surface area contributed by atoms with E-state index < -0.39 is 0 Å². The fraction of sp³-hybridized carbons (Fsp3) is 0.0588. The molecule has 0 N–H and O–H groups in total. The topological polar surface area (TPSA) is 78.2 Å². The molecule has 0 unspecified atom stereocenters. The van der Waals surface area contributed by atoms with Crippen LogP contribution in [0.5, 0.6) is 0 Å². The van der Waals surface area contributed by atoms with E-state index in [4.69, 9.17) is 4.42 Å². The molecule has 0 aliphatic carbocycles.